The summed E-state index contributed by atoms with van der Waals surface area (Å²) in [5, 5.41) is 3.06. The van der Waals surface area contributed by atoms with Gasteiger partial charge in [0.1, 0.15) is 5.75 Å². The van der Waals surface area contributed by atoms with Crippen LogP contribution in [0.25, 0.3) is 11.3 Å². The third-order valence-electron chi connectivity index (χ3n) is 4.79. The Bertz CT molecular complexity index is 1140. The Morgan fingerprint density at radius 1 is 1.06 bits per heavy atom. The molecule has 0 aliphatic carbocycles. The van der Waals surface area contributed by atoms with Crippen molar-refractivity contribution >= 4 is 11.6 Å². The maximum absolute atomic E-state index is 12.9. The number of fused-ring (bicyclic) bond motifs is 7. The van der Waals surface area contributed by atoms with Gasteiger partial charge in [-0.2, -0.15) is 0 Å². The van der Waals surface area contributed by atoms with Crippen LogP contribution in [0, 0.1) is 0 Å². The smallest absolute Gasteiger partial charge is 0.477 e. The van der Waals surface area contributed by atoms with Gasteiger partial charge in [-0.1, -0.05) is 12.2 Å². The third-order valence-corrected chi connectivity index (χ3v) is 4.79. The number of likely N-dealkylation sites (N-methyl/N-ethyl adjacent to an activating group) is 1. The zero-order valence-corrected chi connectivity index (χ0v) is 17.8. The van der Waals surface area contributed by atoms with E-state index < -0.39 is 6.36 Å². The zero-order valence-electron chi connectivity index (χ0n) is 17.8. The fraction of sp³-hybridized carbons (Fsp3) is 0.261. The van der Waals surface area contributed by atoms with E-state index in [0.717, 1.165) is 5.56 Å². The van der Waals surface area contributed by atoms with Gasteiger partial charge in [-0.3, -0.25) is 4.90 Å². The summed E-state index contributed by atoms with van der Waals surface area (Å²) in [6, 6.07) is 9.77. The van der Waals surface area contributed by atoms with Crippen LogP contribution in [0.1, 0.15) is 12.0 Å². The number of anilines is 2. The molecule has 6 bridgehead atoms. The van der Waals surface area contributed by atoms with Crippen LogP contribution in [0.2, 0.25) is 0 Å². The molecule has 3 aromatic rings. The molecule has 0 fully saturated rings. The first-order valence-electron chi connectivity index (χ1n) is 10.3. The number of nitrogens with one attached hydrogen (secondary N) is 1. The molecule has 0 unspecified atom stereocenters. The Labute approximate surface area is 188 Å². The van der Waals surface area contributed by atoms with Crippen molar-refractivity contribution in [3.63, 3.8) is 0 Å². The highest BCUT2D eigenvalue weighted by molar-refractivity contribution is 5.63. The molecule has 0 radical (unpaired) electrons. The number of alkyl halides is 3. The summed E-state index contributed by atoms with van der Waals surface area (Å²) < 4.78 is 48.7. The molecule has 4 rings (SSSR count). The standard InChI is InChI=1S/C23H22F3N5O2/c1-31-11-3-2-4-12-32-21-14-16(7-9-27-21)19-8-10-28-22(30-19)29-18-5-6-20(17(13-18)15-31)33-23(24,25)26/h2-3,5-10,13-14H,4,11-12,15H2,1H3,(H,28,29,30)/b3-2+. The lowest BCUT2D eigenvalue weighted by atomic mass is 10.1. The molecule has 1 aliphatic rings. The summed E-state index contributed by atoms with van der Waals surface area (Å²) in [6.07, 6.45) is 3.04. The van der Waals surface area contributed by atoms with Crippen molar-refractivity contribution in [1.29, 1.82) is 0 Å². The number of pyridine rings is 1. The van der Waals surface area contributed by atoms with E-state index in [9.17, 15) is 13.2 Å². The van der Waals surface area contributed by atoms with Gasteiger partial charge >= 0.3 is 6.36 Å². The van der Waals surface area contributed by atoms with Gasteiger partial charge in [-0.05, 0) is 43.8 Å². The second-order valence-corrected chi connectivity index (χ2v) is 7.45. The average Bonchev–Trinajstić information content (AvgIpc) is 2.77. The molecule has 0 spiro atoms. The van der Waals surface area contributed by atoms with Crippen molar-refractivity contribution < 1.29 is 22.6 Å². The van der Waals surface area contributed by atoms with Crippen molar-refractivity contribution in [2.45, 2.75) is 19.3 Å². The topological polar surface area (TPSA) is 72.4 Å². The van der Waals surface area contributed by atoms with E-state index in [1.54, 1.807) is 30.6 Å². The predicted octanol–water partition coefficient (Wildman–Crippen LogP) is 4.95. The Hall–Kier alpha value is -3.66. The first-order chi connectivity index (χ1) is 15.9. The Morgan fingerprint density at radius 3 is 2.76 bits per heavy atom. The van der Waals surface area contributed by atoms with Crippen LogP contribution in [-0.2, 0) is 6.54 Å². The van der Waals surface area contributed by atoms with Gasteiger partial charge in [-0.25, -0.2) is 15.0 Å². The van der Waals surface area contributed by atoms with Crippen LogP contribution in [0.5, 0.6) is 11.6 Å². The van der Waals surface area contributed by atoms with Crippen LogP contribution < -0.4 is 14.8 Å². The summed E-state index contributed by atoms with van der Waals surface area (Å²) in [4.78, 5) is 14.9. The van der Waals surface area contributed by atoms with Gasteiger partial charge in [0.15, 0.2) is 0 Å². The average molecular weight is 457 g/mol. The molecule has 1 aromatic carbocycles. The van der Waals surface area contributed by atoms with E-state index >= 15 is 0 Å². The van der Waals surface area contributed by atoms with E-state index in [1.807, 2.05) is 30.2 Å². The lowest BCUT2D eigenvalue weighted by molar-refractivity contribution is -0.275. The lowest BCUT2D eigenvalue weighted by Crippen LogP contribution is -2.21. The molecule has 3 heterocycles. The van der Waals surface area contributed by atoms with Gasteiger partial charge in [0.05, 0.1) is 12.3 Å². The van der Waals surface area contributed by atoms with Gasteiger partial charge in [0.25, 0.3) is 0 Å². The third kappa shape index (κ3) is 6.42. The fourth-order valence-electron chi connectivity index (χ4n) is 3.32. The molecule has 7 nitrogen and oxygen atoms in total. The van der Waals surface area contributed by atoms with Gasteiger partial charge in [0, 0.05) is 48.4 Å². The number of ether oxygens (including phenoxy) is 2. The molecule has 0 saturated carbocycles. The molecule has 10 heteroatoms. The van der Waals surface area contributed by atoms with E-state index in [2.05, 4.69) is 25.0 Å². The molecule has 0 atom stereocenters. The van der Waals surface area contributed by atoms with E-state index in [1.165, 1.54) is 12.1 Å². The van der Waals surface area contributed by atoms with E-state index in [-0.39, 0.29) is 12.3 Å². The number of rotatable bonds is 1. The summed E-state index contributed by atoms with van der Waals surface area (Å²) in [5.74, 6) is 0.558. The Kier molecular flexibility index (Phi) is 6.74. The fourth-order valence-corrected chi connectivity index (χ4v) is 3.32. The molecule has 0 amide bonds. The van der Waals surface area contributed by atoms with Crippen LogP contribution in [0.4, 0.5) is 24.8 Å². The lowest BCUT2D eigenvalue weighted by Gasteiger charge is -2.19. The number of benzene rings is 1. The maximum atomic E-state index is 12.9. The highest BCUT2D eigenvalue weighted by Gasteiger charge is 2.32. The van der Waals surface area contributed by atoms with Gasteiger partial charge in [0.2, 0.25) is 11.8 Å². The molecule has 33 heavy (non-hydrogen) atoms. The van der Waals surface area contributed by atoms with Crippen molar-refractivity contribution in [2.24, 2.45) is 0 Å². The summed E-state index contributed by atoms with van der Waals surface area (Å²) >= 11 is 0. The number of hydrogen-bond acceptors (Lipinski definition) is 7. The Morgan fingerprint density at radius 2 is 1.91 bits per heavy atom. The quantitative estimate of drug-likeness (QED) is 0.519. The molecule has 1 aliphatic heterocycles. The number of halogens is 3. The largest absolute Gasteiger partial charge is 0.573 e. The predicted molar refractivity (Wildman–Crippen MR) is 117 cm³/mol. The Balaban J connectivity index is 1.70. The molecule has 2 aromatic heterocycles. The minimum Gasteiger partial charge on any atom is -0.477 e. The van der Waals surface area contributed by atoms with Gasteiger partial charge in [-0.15, -0.1) is 13.2 Å². The van der Waals surface area contributed by atoms with Crippen LogP contribution >= 0.6 is 0 Å². The van der Waals surface area contributed by atoms with Crippen molar-refractivity contribution in [2.75, 3.05) is 25.5 Å². The van der Waals surface area contributed by atoms with Crippen LogP contribution in [0.3, 0.4) is 0 Å². The van der Waals surface area contributed by atoms with Crippen LogP contribution in [-0.4, -0.2) is 46.4 Å². The highest BCUT2D eigenvalue weighted by atomic mass is 19.4. The molecular weight excluding hydrogens is 435 g/mol. The van der Waals surface area contributed by atoms with E-state index in [0.29, 0.717) is 48.3 Å². The summed E-state index contributed by atoms with van der Waals surface area (Å²) in [7, 11) is 1.82. The minimum absolute atomic E-state index is 0.245. The molecule has 0 saturated heterocycles. The summed E-state index contributed by atoms with van der Waals surface area (Å²) in [6.45, 7) is 1.23. The molecular formula is C23H22F3N5O2. The highest BCUT2D eigenvalue weighted by Crippen LogP contribution is 2.30. The van der Waals surface area contributed by atoms with Crippen molar-refractivity contribution in [3.05, 3.63) is 66.5 Å². The number of aromatic nitrogens is 3. The normalized spacial score (nSPS) is 16.0. The van der Waals surface area contributed by atoms with Crippen molar-refractivity contribution in [1.82, 2.24) is 19.9 Å². The van der Waals surface area contributed by atoms with Crippen molar-refractivity contribution in [3.8, 4) is 22.9 Å². The first-order valence-corrected chi connectivity index (χ1v) is 10.3. The van der Waals surface area contributed by atoms with Gasteiger partial charge < -0.3 is 14.8 Å². The number of hydrogen-bond donors (Lipinski definition) is 1. The van der Waals surface area contributed by atoms with Crippen LogP contribution in [0.15, 0.2) is 60.9 Å². The first kappa shape index (κ1) is 22.5. The number of nitrogens with zero attached hydrogens (tertiary/aromatic N) is 4. The maximum Gasteiger partial charge on any atom is 0.573 e. The zero-order chi connectivity index (χ0) is 23.3. The molecule has 172 valence electrons. The van der Waals surface area contributed by atoms with E-state index in [4.69, 9.17) is 4.74 Å². The second kappa shape index (κ2) is 9.86. The molecule has 1 N–H and O–H groups in total. The monoisotopic (exact) mass is 457 g/mol. The summed E-state index contributed by atoms with van der Waals surface area (Å²) in [5.41, 5.74) is 2.38. The SMILES string of the molecule is CN1C/C=C/CCOc2cc(ccn2)-c2ccnc(n2)Nc2ccc(OC(F)(F)F)c(c2)C1. The second-order valence-electron chi connectivity index (χ2n) is 7.45. The minimum atomic E-state index is -4.78.